The number of methoxy groups -OCH3 is 1. The van der Waals surface area contributed by atoms with Gasteiger partial charge < -0.3 is 14.3 Å². The summed E-state index contributed by atoms with van der Waals surface area (Å²) in [6, 6.07) is 6.49. The average molecular weight is 265 g/mol. The van der Waals surface area contributed by atoms with Crippen LogP contribution in [0.1, 0.15) is 37.4 Å². The van der Waals surface area contributed by atoms with Gasteiger partial charge in [-0.05, 0) is 31.9 Å². The van der Waals surface area contributed by atoms with E-state index in [1.165, 1.54) is 5.56 Å². The van der Waals surface area contributed by atoms with Crippen molar-refractivity contribution < 1.29 is 14.3 Å². The Hall–Kier alpha value is -1.10. The number of nitrogens with one attached hydrogen (secondary N) is 1. The summed E-state index contributed by atoms with van der Waals surface area (Å²) in [4.78, 5) is 5.12. The highest BCUT2D eigenvalue weighted by Crippen LogP contribution is 2.39. The first kappa shape index (κ1) is 14.3. The molecule has 4 heteroatoms. The molecule has 1 aliphatic heterocycles. The van der Waals surface area contributed by atoms with Crippen LogP contribution < -0.4 is 10.2 Å². The van der Waals surface area contributed by atoms with Crippen LogP contribution in [0.4, 0.5) is 0 Å². The van der Waals surface area contributed by atoms with Crippen molar-refractivity contribution in [2.24, 2.45) is 0 Å². The topological polar surface area (TPSA) is 39.7 Å². The van der Waals surface area contributed by atoms with Crippen molar-refractivity contribution >= 4 is 0 Å². The molecule has 106 valence electrons. The minimum atomic E-state index is -0.183. The number of fused-ring (bicyclic) bond motifs is 1. The van der Waals surface area contributed by atoms with Gasteiger partial charge in [0.05, 0.1) is 19.8 Å². The van der Waals surface area contributed by atoms with Gasteiger partial charge in [-0.3, -0.25) is 0 Å². The molecular weight excluding hydrogens is 242 g/mol. The minimum absolute atomic E-state index is 0.159. The molecule has 0 saturated carbocycles. The summed E-state index contributed by atoms with van der Waals surface area (Å²) in [6.45, 7) is 4.92. The molecule has 4 nitrogen and oxygen atoms in total. The van der Waals surface area contributed by atoms with E-state index in [4.69, 9.17) is 14.3 Å². The van der Waals surface area contributed by atoms with Crippen molar-refractivity contribution in [3.05, 3.63) is 29.3 Å². The highest BCUT2D eigenvalue weighted by Gasteiger charge is 2.33. The molecule has 0 spiro atoms. The van der Waals surface area contributed by atoms with E-state index in [1.54, 1.807) is 14.2 Å². The summed E-state index contributed by atoms with van der Waals surface area (Å²) in [5.74, 6) is 0.937. The van der Waals surface area contributed by atoms with Crippen LogP contribution >= 0.6 is 0 Å². The maximum absolute atomic E-state index is 6.03. The van der Waals surface area contributed by atoms with E-state index in [9.17, 15) is 0 Å². The Balaban J connectivity index is 2.27. The predicted molar refractivity (Wildman–Crippen MR) is 74.2 cm³/mol. The minimum Gasteiger partial charge on any atom is -0.487 e. The molecule has 1 atom stereocenters. The Kier molecular flexibility index (Phi) is 4.45. The molecule has 0 bridgehead atoms. The fourth-order valence-electron chi connectivity index (χ4n) is 2.53. The smallest absolute Gasteiger partial charge is 0.124 e. The van der Waals surface area contributed by atoms with Crippen molar-refractivity contribution in [2.45, 2.75) is 38.3 Å². The quantitative estimate of drug-likeness (QED) is 0.831. The molecule has 0 amide bonds. The number of hydrogen-bond acceptors (Lipinski definition) is 4. The van der Waals surface area contributed by atoms with Gasteiger partial charge >= 0.3 is 0 Å². The number of hydrogen-bond donors (Lipinski definition) is 1. The third-order valence-electron chi connectivity index (χ3n) is 3.39. The molecule has 19 heavy (non-hydrogen) atoms. The van der Waals surface area contributed by atoms with E-state index in [0.29, 0.717) is 0 Å². The summed E-state index contributed by atoms with van der Waals surface area (Å²) < 4.78 is 11.2. The van der Waals surface area contributed by atoms with Gasteiger partial charge in [0.25, 0.3) is 0 Å². The van der Waals surface area contributed by atoms with Gasteiger partial charge in [-0.1, -0.05) is 12.1 Å². The Morgan fingerprint density at radius 2 is 2.16 bits per heavy atom. The van der Waals surface area contributed by atoms with Gasteiger partial charge in [0.15, 0.2) is 0 Å². The van der Waals surface area contributed by atoms with Crippen LogP contribution in [0.5, 0.6) is 5.75 Å². The zero-order valence-corrected chi connectivity index (χ0v) is 12.2. The Bertz CT molecular complexity index is 431. The molecule has 1 aromatic rings. The molecular formula is C15H23NO3. The van der Waals surface area contributed by atoms with Crippen molar-refractivity contribution in [3.8, 4) is 5.75 Å². The Morgan fingerprint density at radius 1 is 1.37 bits per heavy atom. The summed E-state index contributed by atoms with van der Waals surface area (Å²) in [5, 5.41) is 0. The van der Waals surface area contributed by atoms with Gasteiger partial charge in [-0.15, -0.1) is 0 Å². The summed E-state index contributed by atoms with van der Waals surface area (Å²) >= 11 is 0. The Morgan fingerprint density at radius 3 is 2.84 bits per heavy atom. The summed E-state index contributed by atoms with van der Waals surface area (Å²) in [7, 11) is 3.37. The van der Waals surface area contributed by atoms with Crippen LogP contribution in [-0.4, -0.2) is 26.4 Å². The third kappa shape index (κ3) is 3.47. The highest BCUT2D eigenvalue weighted by atomic mass is 16.6. The standard InChI is InChI=1S/C15H23NO3/c1-15(2)10-13(16-18-4)12-9-11(7-8-17-3)5-6-14(12)19-15/h5-6,9,13,16H,7-8,10H2,1-4H3. The third-order valence-corrected chi connectivity index (χ3v) is 3.39. The van der Waals surface area contributed by atoms with Crippen LogP contribution in [0.2, 0.25) is 0 Å². The SMILES string of the molecule is COCCc1ccc2c(c1)C(NOC)CC(C)(C)O2. The zero-order chi connectivity index (χ0) is 13.9. The molecule has 1 aromatic carbocycles. The molecule has 1 heterocycles. The first-order chi connectivity index (χ1) is 9.05. The van der Waals surface area contributed by atoms with Crippen LogP contribution in [0.25, 0.3) is 0 Å². The molecule has 0 aromatic heterocycles. The first-order valence-electron chi connectivity index (χ1n) is 6.65. The second kappa shape index (κ2) is 5.90. The summed E-state index contributed by atoms with van der Waals surface area (Å²) in [6.07, 6.45) is 1.79. The van der Waals surface area contributed by atoms with Crippen molar-refractivity contribution in [1.29, 1.82) is 0 Å². The van der Waals surface area contributed by atoms with E-state index in [1.807, 2.05) is 6.07 Å². The number of rotatable bonds is 5. The van der Waals surface area contributed by atoms with E-state index < -0.39 is 0 Å². The van der Waals surface area contributed by atoms with Crippen LogP contribution in [-0.2, 0) is 16.0 Å². The molecule has 0 fully saturated rings. The van der Waals surface area contributed by atoms with Gasteiger partial charge in [0, 0.05) is 19.1 Å². The monoisotopic (exact) mass is 265 g/mol. The van der Waals surface area contributed by atoms with Gasteiger partial charge in [-0.25, -0.2) is 0 Å². The molecule has 2 rings (SSSR count). The fraction of sp³-hybridized carbons (Fsp3) is 0.600. The van der Waals surface area contributed by atoms with Gasteiger partial charge in [0.1, 0.15) is 11.4 Å². The molecule has 0 saturated heterocycles. The maximum atomic E-state index is 6.03. The van der Waals surface area contributed by atoms with Crippen LogP contribution in [0.15, 0.2) is 18.2 Å². The van der Waals surface area contributed by atoms with E-state index in [2.05, 4.69) is 31.5 Å². The highest BCUT2D eigenvalue weighted by molar-refractivity contribution is 5.41. The second-order valence-corrected chi connectivity index (χ2v) is 5.56. The molecule has 1 N–H and O–H groups in total. The molecule has 0 radical (unpaired) electrons. The zero-order valence-electron chi connectivity index (χ0n) is 12.2. The number of benzene rings is 1. The maximum Gasteiger partial charge on any atom is 0.124 e. The summed E-state index contributed by atoms with van der Waals surface area (Å²) in [5.41, 5.74) is 5.30. The van der Waals surface area contributed by atoms with Gasteiger partial charge in [0.2, 0.25) is 0 Å². The van der Waals surface area contributed by atoms with Crippen molar-refractivity contribution in [2.75, 3.05) is 20.8 Å². The van der Waals surface area contributed by atoms with Crippen molar-refractivity contribution in [1.82, 2.24) is 5.48 Å². The largest absolute Gasteiger partial charge is 0.487 e. The Labute approximate surface area is 115 Å². The lowest BCUT2D eigenvalue weighted by atomic mass is 9.89. The number of ether oxygens (including phenoxy) is 2. The van der Waals surface area contributed by atoms with Crippen LogP contribution in [0, 0.1) is 0 Å². The average Bonchev–Trinajstić information content (AvgIpc) is 2.36. The first-order valence-corrected chi connectivity index (χ1v) is 6.65. The second-order valence-electron chi connectivity index (χ2n) is 5.56. The molecule has 1 aliphatic rings. The fourth-order valence-corrected chi connectivity index (χ4v) is 2.53. The van der Waals surface area contributed by atoms with Crippen molar-refractivity contribution in [3.63, 3.8) is 0 Å². The molecule has 1 unspecified atom stereocenters. The lowest BCUT2D eigenvalue weighted by Crippen LogP contribution is -2.39. The van der Waals surface area contributed by atoms with Gasteiger partial charge in [-0.2, -0.15) is 5.48 Å². The van der Waals surface area contributed by atoms with E-state index >= 15 is 0 Å². The predicted octanol–water partition coefficient (Wildman–Crippen LogP) is 2.63. The normalized spacial score (nSPS) is 20.7. The number of hydroxylamine groups is 1. The lowest BCUT2D eigenvalue weighted by Gasteiger charge is -2.37. The molecule has 0 aliphatic carbocycles. The van der Waals surface area contributed by atoms with E-state index in [0.717, 1.165) is 30.8 Å². The lowest BCUT2D eigenvalue weighted by molar-refractivity contribution is 0.00293. The van der Waals surface area contributed by atoms with E-state index in [-0.39, 0.29) is 11.6 Å². The van der Waals surface area contributed by atoms with Crippen LogP contribution in [0.3, 0.4) is 0 Å².